The minimum atomic E-state index is 0.823. The molecule has 0 radical (unpaired) electrons. The minimum absolute atomic E-state index is 0.823. The van der Waals surface area contributed by atoms with Crippen molar-refractivity contribution < 1.29 is 0 Å². The van der Waals surface area contributed by atoms with Gasteiger partial charge in [0.15, 0.2) is 0 Å². The first-order chi connectivity index (χ1) is 13.1. The standard InChI is InChI=1S/C25H38N2/c1-5-9-18-13-15-20(24(26)22(18)11-7-3)17-21-16-14-19(10-6-2)23(12-8-4)25(21)27/h13-16H,5-12,17,26-27H2,1-4H3. The Morgan fingerprint density at radius 3 is 1.19 bits per heavy atom. The van der Waals surface area contributed by atoms with Crippen molar-refractivity contribution in [1.29, 1.82) is 0 Å². The van der Waals surface area contributed by atoms with E-state index >= 15 is 0 Å². The number of rotatable bonds is 10. The number of hydrogen-bond donors (Lipinski definition) is 2. The van der Waals surface area contributed by atoms with Crippen LogP contribution in [0, 0.1) is 0 Å². The number of nitrogen functional groups attached to an aromatic ring is 2. The smallest absolute Gasteiger partial charge is 0.0385 e. The summed E-state index contributed by atoms with van der Waals surface area (Å²) >= 11 is 0. The fourth-order valence-electron chi connectivity index (χ4n) is 4.13. The van der Waals surface area contributed by atoms with Crippen molar-refractivity contribution in [2.45, 2.75) is 85.5 Å². The molecule has 0 aliphatic rings. The van der Waals surface area contributed by atoms with Crippen molar-refractivity contribution in [3.8, 4) is 0 Å². The van der Waals surface area contributed by atoms with Crippen molar-refractivity contribution in [2.75, 3.05) is 11.5 Å². The average molecular weight is 367 g/mol. The van der Waals surface area contributed by atoms with Gasteiger partial charge in [0.25, 0.3) is 0 Å². The van der Waals surface area contributed by atoms with Crippen molar-refractivity contribution in [1.82, 2.24) is 0 Å². The summed E-state index contributed by atoms with van der Waals surface area (Å²) in [5.74, 6) is 0. The Hall–Kier alpha value is -1.96. The van der Waals surface area contributed by atoms with E-state index in [1.807, 2.05) is 0 Å². The third kappa shape index (κ3) is 5.06. The molecule has 2 aromatic rings. The molecule has 2 rings (SSSR count). The summed E-state index contributed by atoms with van der Waals surface area (Å²) < 4.78 is 0. The van der Waals surface area contributed by atoms with E-state index in [1.54, 1.807) is 0 Å². The van der Waals surface area contributed by atoms with Crippen LogP contribution in [0.2, 0.25) is 0 Å². The molecule has 27 heavy (non-hydrogen) atoms. The van der Waals surface area contributed by atoms with Crippen LogP contribution in [0.3, 0.4) is 0 Å². The van der Waals surface area contributed by atoms with Gasteiger partial charge >= 0.3 is 0 Å². The Bertz CT molecular complexity index is 683. The molecule has 148 valence electrons. The lowest BCUT2D eigenvalue weighted by Crippen LogP contribution is -2.08. The molecule has 0 fully saturated rings. The Balaban J connectivity index is 2.41. The summed E-state index contributed by atoms with van der Waals surface area (Å²) in [6.45, 7) is 8.91. The molecule has 0 aliphatic heterocycles. The van der Waals surface area contributed by atoms with Gasteiger partial charge in [0, 0.05) is 17.8 Å². The molecule has 0 heterocycles. The summed E-state index contributed by atoms with van der Waals surface area (Å²) in [5, 5.41) is 0. The Morgan fingerprint density at radius 2 is 0.852 bits per heavy atom. The lowest BCUT2D eigenvalue weighted by atomic mass is 9.89. The SMILES string of the molecule is CCCc1ccc(Cc2ccc(CCC)c(CCC)c2N)c(N)c1CCC. The number of nitrogens with two attached hydrogens (primary N) is 2. The van der Waals surface area contributed by atoms with E-state index in [4.69, 9.17) is 11.5 Å². The van der Waals surface area contributed by atoms with Crippen molar-refractivity contribution in [2.24, 2.45) is 0 Å². The van der Waals surface area contributed by atoms with E-state index < -0.39 is 0 Å². The fraction of sp³-hybridized carbons (Fsp3) is 0.520. The normalized spacial score (nSPS) is 11.1. The summed E-state index contributed by atoms with van der Waals surface area (Å²) in [6.07, 6.45) is 9.70. The van der Waals surface area contributed by atoms with Gasteiger partial charge in [0.05, 0.1) is 0 Å². The highest BCUT2D eigenvalue weighted by Gasteiger charge is 2.14. The maximum absolute atomic E-state index is 6.63. The second kappa shape index (κ2) is 10.4. The van der Waals surface area contributed by atoms with Crippen molar-refractivity contribution in [3.63, 3.8) is 0 Å². The lowest BCUT2D eigenvalue weighted by Gasteiger charge is -2.19. The first-order valence-electron chi connectivity index (χ1n) is 10.8. The molecule has 2 aromatic carbocycles. The lowest BCUT2D eigenvalue weighted by molar-refractivity contribution is 0.858. The number of aryl methyl sites for hydroxylation is 2. The molecule has 0 unspecified atom stereocenters. The highest BCUT2D eigenvalue weighted by atomic mass is 14.6. The molecule has 4 N–H and O–H groups in total. The first-order valence-corrected chi connectivity index (χ1v) is 10.8. The molecule has 2 nitrogen and oxygen atoms in total. The second-order valence-electron chi connectivity index (χ2n) is 7.73. The third-order valence-corrected chi connectivity index (χ3v) is 5.51. The van der Waals surface area contributed by atoms with Gasteiger partial charge in [0.1, 0.15) is 0 Å². The quantitative estimate of drug-likeness (QED) is 0.488. The summed E-state index contributed by atoms with van der Waals surface area (Å²) in [7, 11) is 0. The van der Waals surface area contributed by atoms with Gasteiger partial charge in [-0.1, -0.05) is 77.6 Å². The minimum Gasteiger partial charge on any atom is -0.398 e. The van der Waals surface area contributed by atoms with E-state index in [0.717, 1.165) is 69.2 Å². The summed E-state index contributed by atoms with van der Waals surface area (Å²) in [5.41, 5.74) is 23.2. The zero-order chi connectivity index (χ0) is 19.8. The predicted molar refractivity (Wildman–Crippen MR) is 120 cm³/mol. The zero-order valence-electron chi connectivity index (χ0n) is 17.8. The topological polar surface area (TPSA) is 52.0 Å². The Labute approximate surface area is 166 Å². The Morgan fingerprint density at radius 1 is 0.519 bits per heavy atom. The highest BCUT2D eigenvalue weighted by Crippen LogP contribution is 2.31. The van der Waals surface area contributed by atoms with E-state index in [-0.39, 0.29) is 0 Å². The molecule has 0 spiro atoms. The maximum atomic E-state index is 6.63. The zero-order valence-corrected chi connectivity index (χ0v) is 17.8. The van der Waals surface area contributed by atoms with E-state index in [0.29, 0.717) is 0 Å². The largest absolute Gasteiger partial charge is 0.398 e. The van der Waals surface area contributed by atoms with Crippen LogP contribution >= 0.6 is 0 Å². The highest BCUT2D eigenvalue weighted by molar-refractivity contribution is 5.63. The Kier molecular flexibility index (Phi) is 8.22. The van der Waals surface area contributed by atoms with E-state index in [9.17, 15) is 0 Å². The number of hydrogen-bond acceptors (Lipinski definition) is 2. The monoisotopic (exact) mass is 366 g/mol. The van der Waals surface area contributed by atoms with Crippen LogP contribution in [0.4, 0.5) is 11.4 Å². The van der Waals surface area contributed by atoms with Crippen LogP contribution in [-0.4, -0.2) is 0 Å². The predicted octanol–water partition coefficient (Wildman–Crippen LogP) is 6.25. The summed E-state index contributed by atoms with van der Waals surface area (Å²) in [6, 6.07) is 9.01. The van der Waals surface area contributed by atoms with Gasteiger partial charge in [-0.15, -0.1) is 0 Å². The third-order valence-electron chi connectivity index (χ3n) is 5.51. The van der Waals surface area contributed by atoms with Gasteiger partial charge in [-0.2, -0.15) is 0 Å². The van der Waals surface area contributed by atoms with Crippen LogP contribution < -0.4 is 11.5 Å². The first kappa shape index (κ1) is 21.3. The molecule has 0 aromatic heterocycles. The number of benzene rings is 2. The van der Waals surface area contributed by atoms with Crippen LogP contribution in [0.25, 0.3) is 0 Å². The van der Waals surface area contributed by atoms with Gasteiger partial charge in [-0.3, -0.25) is 0 Å². The molecular formula is C25H38N2. The van der Waals surface area contributed by atoms with Crippen LogP contribution in [0.15, 0.2) is 24.3 Å². The van der Waals surface area contributed by atoms with Crippen LogP contribution in [-0.2, 0) is 32.1 Å². The van der Waals surface area contributed by atoms with Gasteiger partial charge < -0.3 is 11.5 Å². The van der Waals surface area contributed by atoms with Crippen LogP contribution in [0.5, 0.6) is 0 Å². The summed E-state index contributed by atoms with van der Waals surface area (Å²) in [4.78, 5) is 0. The molecule has 0 aliphatic carbocycles. The molecular weight excluding hydrogens is 328 g/mol. The average Bonchev–Trinajstić information content (AvgIpc) is 2.65. The molecule has 0 saturated carbocycles. The maximum Gasteiger partial charge on any atom is 0.0385 e. The molecule has 0 saturated heterocycles. The molecule has 2 heteroatoms. The molecule has 0 bridgehead atoms. The second-order valence-corrected chi connectivity index (χ2v) is 7.73. The van der Waals surface area contributed by atoms with E-state index in [1.165, 1.54) is 33.4 Å². The van der Waals surface area contributed by atoms with Gasteiger partial charge in [-0.05, 0) is 59.1 Å². The molecule has 0 atom stereocenters. The van der Waals surface area contributed by atoms with Gasteiger partial charge in [0.2, 0.25) is 0 Å². The fourth-order valence-corrected chi connectivity index (χ4v) is 4.13. The molecule has 0 amide bonds. The van der Waals surface area contributed by atoms with E-state index in [2.05, 4.69) is 52.0 Å². The van der Waals surface area contributed by atoms with Gasteiger partial charge in [-0.25, -0.2) is 0 Å². The number of anilines is 2. The van der Waals surface area contributed by atoms with Crippen LogP contribution in [0.1, 0.15) is 86.8 Å². The van der Waals surface area contributed by atoms with Crippen molar-refractivity contribution in [3.05, 3.63) is 57.6 Å². The van der Waals surface area contributed by atoms with Crippen molar-refractivity contribution >= 4 is 11.4 Å².